The molecule has 6 rings (SSSR count). The first-order valence-corrected chi connectivity index (χ1v) is 16.4. The predicted octanol–water partition coefficient (Wildman–Crippen LogP) is 9.50. The fraction of sp³-hybridized carbons (Fsp3) is 0.154. The molecule has 4 aromatic carbocycles. The van der Waals surface area contributed by atoms with Crippen LogP contribution in [0.5, 0.6) is 11.5 Å². The molecule has 6 aromatic rings. The topological polar surface area (TPSA) is 84.5 Å². The third-order valence-corrected chi connectivity index (χ3v) is 8.20. The number of nitrogens with one attached hydrogen (secondary N) is 1. The number of carbonyl (C=O) groups is 2. The Labute approximate surface area is 293 Å². The van der Waals surface area contributed by atoms with E-state index in [-0.39, 0.29) is 52.3 Å². The van der Waals surface area contributed by atoms with Gasteiger partial charge in [-0.15, -0.1) is 0 Å². The molecule has 0 aliphatic heterocycles. The number of aromatic nitrogens is 2. The first-order valence-electron chi connectivity index (χ1n) is 15.7. The fourth-order valence-corrected chi connectivity index (χ4v) is 5.80. The Kier molecular flexibility index (Phi) is 10.3. The van der Waals surface area contributed by atoms with Crippen LogP contribution < -0.4 is 14.4 Å². The SMILES string of the molecule is CC(C)Oc1c(OC(=O)c2cc3ccccc3[nH]2)cc(Cc2cccc(Cl)c2)cc1N(CCc1ccc(F)cc1)C(=O)c1ccc(Cl)nc1. The molecule has 1 N–H and O–H groups in total. The number of esters is 1. The van der Waals surface area contributed by atoms with E-state index in [0.29, 0.717) is 23.6 Å². The van der Waals surface area contributed by atoms with Crippen molar-refractivity contribution in [2.24, 2.45) is 0 Å². The van der Waals surface area contributed by atoms with Crippen LogP contribution in [-0.4, -0.2) is 34.5 Å². The average Bonchev–Trinajstić information content (AvgIpc) is 3.52. The molecule has 0 saturated carbocycles. The van der Waals surface area contributed by atoms with E-state index in [1.165, 1.54) is 18.3 Å². The van der Waals surface area contributed by atoms with Gasteiger partial charge in [-0.3, -0.25) is 4.79 Å². The maximum Gasteiger partial charge on any atom is 0.360 e. The smallest absolute Gasteiger partial charge is 0.360 e. The van der Waals surface area contributed by atoms with Crippen LogP contribution in [0.4, 0.5) is 10.1 Å². The molecule has 0 fully saturated rings. The van der Waals surface area contributed by atoms with Gasteiger partial charge in [-0.2, -0.15) is 0 Å². The highest BCUT2D eigenvalue weighted by molar-refractivity contribution is 6.30. The van der Waals surface area contributed by atoms with Crippen LogP contribution in [0.25, 0.3) is 10.9 Å². The summed E-state index contributed by atoms with van der Waals surface area (Å²) in [4.78, 5) is 36.8. The molecule has 0 unspecified atom stereocenters. The molecule has 2 heterocycles. The lowest BCUT2D eigenvalue weighted by molar-refractivity contribution is 0.0720. The number of fused-ring (bicyclic) bond motifs is 1. The Balaban J connectivity index is 1.49. The molecule has 1 amide bonds. The molecule has 0 aliphatic carbocycles. The zero-order valence-electron chi connectivity index (χ0n) is 26.8. The second-order valence-corrected chi connectivity index (χ2v) is 12.6. The Bertz CT molecular complexity index is 2080. The molecule has 0 spiro atoms. The number of ether oxygens (including phenoxy) is 2. The fourth-order valence-electron chi connectivity index (χ4n) is 5.48. The molecular formula is C39H32Cl2FN3O4. The molecule has 49 heavy (non-hydrogen) atoms. The van der Waals surface area contributed by atoms with Crippen LogP contribution in [-0.2, 0) is 12.8 Å². The van der Waals surface area contributed by atoms with Gasteiger partial charge in [0, 0.05) is 28.7 Å². The van der Waals surface area contributed by atoms with Crippen LogP contribution in [0, 0.1) is 5.82 Å². The maximum absolute atomic E-state index is 14.3. The van der Waals surface area contributed by atoms with Gasteiger partial charge in [-0.05, 0) is 104 Å². The highest BCUT2D eigenvalue weighted by Crippen LogP contribution is 2.42. The van der Waals surface area contributed by atoms with Crippen LogP contribution >= 0.6 is 23.2 Å². The number of benzene rings is 4. The van der Waals surface area contributed by atoms with E-state index >= 15 is 0 Å². The molecule has 0 bridgehead atoms. The summed E-state index contributed by atoms with van der Waals surface area (Å²) < 4.78 is 26.2. The summed E-state index contributed by atoms with van der Waals surface area (Å²) in [6.45, 7) is 3.87. The third-order valence-electron chi connectivity index (χ3n) is 7.75. The minimum Gasteiger partial charge on any atom is -0.485 e. The van der Waals surface area contributed by atoms with Gasteiger partial charge in [0.05, 0.1) is 17.4 Å². The van der Waals surface area contributed by atoms with Crippen molar-refractivity contribution >= 4 is 51.7 Å². The summed E-state index contributed by atoms with van der Waals surface area (Å²) >= 11 is 12.4. The Morgan fingerprint density at radius 3 is 2.39 bits per heavy atom. The Morgan fingerprint density at radius 1 is 0.878 bits per heavy atom. The molecule has 10 heteroatoms. The number of para-hydroxylation sites is 1. The van der Waals surface area contributed by atoms with E-state index in [4.69, 9.17) is 32.7 Å². The van der Waals surface area contributed by atoms with Crippen molar-refractivity contribution in [3.8, 4) is 11.5 Å². The normalized spacial score (nSPS) is 11.1. The minimum absolute atomic E-state index is 0.140. The van der Waals surface area contributed by atoms with Crippen molar-refractivity contribution in [1.82, 2.24) is 9.97 Å². The van der Waals surface area contributed by atoms with Gasteiger partial charge in [0.2, 0.25) is 0 Å². The summed E-state index contributed by atoms with van der Waals surface area (Å²) in [5, 5.41) is 1.68. The lowest BCUT2D eigenvalue weighted by Crippen LogP contribution is -2.34. The number of rotatable bonds is 11. The van der Waals surface area contributed by atoms with Gasteiger partial charge >= 0.3 is 5.97 Å². The van der Waals surface area contributed by atoms with E-state index in [1.807, 2.05) is 62.4 Å². The number of hydrogen-bond acceptors (Lipinski definition) is 5. The second kappa shape index (κ2) is 14.9. The summed E-state index contributed by atoms with van der Waals surface area (Å²) in [5.41, 5.74) is 4.19. The quantitative estimate of drug-likeness (QED) is 0.0829. The number of amides is 1. The number of nitrogens with zero attached hydrogens (tertiary/aromatic N) is 2. The van der Waals surface area contributed by atoms with Gasteiger partial charge in [-0.25, -0.2) is 14.2 Å². The number of anilines is 1. The van der Waals surface area contributed by atoms with Crippen LogP contribution in [0.2, 0.25) is 10.2 Å². The van der Waals surface area contributed by atoms with Crippen molar-refractivity contribution < 1.29 is 23.5 Å². The monoisotopic (exact) mass is 695 g/mol. The largest absolute Gasteiger partial charge is 0.485 e. The lowest BCUT2D eigenvalue weighted by Gasteiger charge is -2.28. The van der Waals surface area contributed by atoms with E-state index in [2.05, 4.69) is 9.97 Å². The van der Waals surface area contributed by atoms with Crippen molar-refractivity contribution in [3.63, 3.8) is 0 Å². The molecule has 248 valence electrons. The van der Waals surface area contributed by atoms with Gasteiger partial charge in [0.25, 0.3) is 5.91 Å². The first kappa shape index (κ1) is 33.7. The van der Waals surface area contributed by atoms with Crippen LogP contribution in [0.15, 0.2) is 109 Å². The van der Waals surface area contributed by atoms with E-state index < -0.39 is 5.97 Å². The first-order chi connectivity index (χ1) is 23.6. The Morgan fingerprint density at radius 2 is 1.67 bits per heavy atom. The van der Waals surface area contributed by atoms with E-state index in [9.17, 15) is 14.0 Å². The van der Waals surface area contributed by atoms with Crippen molar-refractivity contribution in [3.05, 3.63) is 153 Å². The van der Waals surface area contributed by atoms with Crippen LogP contribution in [0.3, 0.4) is 0 Å². The van der Waals surface area contributed by atoms with Gasteiger partial charge in [-0.1, -0.05) is 65.7 Å². The minimum atomic E-state index is -0.623. The highest BCUT2D eigenvalue weighted by Gasteiger charge is 2.27. The number of pyridine rings is 1. The Hall–Kier alpha value is -5.18. The maximum atomic E-state index is 14.3. The molecular weight excluding hydrogens is 664 g/mol. The van der Waals surface area contributed by atoms with Crippen molar-refractivity contribution in [2.75, 3.05) is 11.4 Å². The molecule has 0 atom stereocenters. The summed E-state index contributed by atoms with van der Waals surface area (Å²) in [7, 11) is 0. The van der Waals surface area contributed by atoms with Crippen LogP contribution in [0.1, 0.15) is 51.4 Å². The average molecular weight is 697 g/mol. The molecule has 7 nitrogen and oxygen atoms in total. The number of hydrogen-bond donors (Lipinski definition) is 1. The summed E-state index contributed by atoms with van der Waals surface area (Å²) in [6, 6.07) is 29.6. The molecule has 0 aliphatic rings. The summed E-state index contributed by atoms with van der Waals surface area (Å²) in [6.07, 6.45) is 1.85. The standard InChI is InChI=1S/C39H32Cl2FN3O4/c1-24(2)48-37-34(45(17-16-25-10-13-31(42)14-11-25)38(46)29-12-15-36(41)43-23-29)20-27(18-26-6-5-8-30(40)19-26)21-35(37)49-39(47)33-22-28-7-3-4-9-32(28)44-33/h3-15,19-24,44H,16-18H2,1-2H3. The number of carbonyl (C=O) groups excluding carboxylic acids is 2. The van der Waals surface area contributed by atoms with Crippen molar-refractivity contribution in [1.29, 1.82) is 0 Å². The zero-order valence-corrected chi connectivity index (χ0v) is 28.3. The van der Waals surface area contributed by atoms with Gasteiger partial charge in [0.15, 0.2) is 11.5 Å². The second-order valence-electron chi connectivity index (χ2n) is 11.8. The molecule has 0 saturated heterocycles. The van der Waals surface area contributed by atoms with E-state index in [1.54, 1.807) is 47.4 Å². The molecule has 2 aromatic heterocycles. The zero-order chi connectivity index (χ0) is 34.5. The van der Waals surface area contributed by atoms with E-state index in [0.717, 1.165) is 27.6 Å². The number of aromatic amines is 1. The number of H-pyrrole nitrogens is 1. The van der Waals surface area contributed by atoms with Crippen molar-refractivity contribution in [2.45, 2.75) is 32.8 Å². The van der Waals surface area contributed by atoms with Gasteiger partial charge < -0.3 is 19.4 Å². The lowest BCUT2D eigenvalue weighted by atomic mass is 10.0. The predicted molar refractivity (Wildman–Crippen MR) is 191 cm³/mol. The number of halogens is 3. The summed E-state index contributed by atoms with van der Waals surface area (Å²) in [5.74, 6) is -1.01. The third kappa shape index (κ3) is 8.28. The van der Waals surface area contributed by atoms with Gasteiger partial charge in [0.1, 0.15) is 16.7 Å². The highest BCUT2D eigenvalue weighted by atomic mass is 35.5. The molecule has 0 radical (unpaired) electrons.